The maximum absolute atomic E-state index is 9.71. The highest BCUT2D eigenvalue weighted by Gasteiger charge is 2.08. The van der Waals surface area contributed by atoms with Crippen LogP contribution in [0.3, 0.4) is 0 Å². The summed E-state index contributed by atoms with van der Waals surface area (Å²) in [4.78, 5) is 0. The number of hydrogen-bond acceptors (Lipinski definition) is 3. The van der Waals surface area contributed by atoms with Gasteiger partial charge in [-0.25, -0.2) is 0 Å². The Balaban J connectivity index is 2.02. The molecule has 0 aliphatic rings. The van der Waals surface area contributed by atoms with Crippen molar-refractivity contribution in [2.45, 2.75) is 19.5 Å². The molecule has 2 aromatic rings. The Hall–Kier alpha value is -1.71. The van der Waals surface area contributed by atoms with Gasteiger partial charge >= 0.3 is 0 Å². The zero-order valence-corrected chi connectivity index (χ0v) is 11.4. The van der Waals surface area contributed by atoms with Gasteiger partial charge in [0.05, 0.1) is 0 Å². The van der Waals surface area contributed by atoms with Gasteiger partial charge in [0.15, 0.2) is 11.5 Å². The Morgan fingerprint density at radius 3 is 2.47 bits per heavy atom. The van der Waals surface area contributed by atoms with Crippen LogP contribution in [0, 0.1) is 0 Å². The molecular formula is C15H16ClNO2. The molecular weight excluding hydrogens is 262 g/mol. The third-order valence-corrected chi connectivity index (χ3v) is 3.32. The molecule has 100 valence electrons. The maximum Gasteiger partial charge on any atom is 0.161 e. The van der Waals surface area contributed by atoms with Gasteiger partial charge in [0.25, 0.3) is 0 Å². The van der Waals surface area contributed by atoms with Gasteiger partial charge in [-0.05, 0) is 30.7 Å². The Morgan fingerprint density at radius 2 is 1.79 bits per heavy atom. The number of para-hydroxylation sites is 1. The van der Waals surface area contributed by atoms with Crippen molar-refractivity contribution >= 4 is 11.6 Å². The standard InChI is InChI=1S/C15H16ClNO2/c1-10(11-5-7-13(16)8-6-11)17-9-12-3-2-4-14(18)15(12)19/h2-8,10,17-19H,9H2,1H3/t10-/m1/s1. The minimum absolute atomic E-state index is 0.0710. The van der Waals surface area contributed by atoms with Crippen molar-refractivity contribution in [3.8, 4) is 11.5 Å². The first kappa shape index (κ1) is 13.7. The summed E-state index contributed by atoms with van der Waals surface area (Å²) in [5.74, 6) is -0.170. The van der Waals surface area contributed by atoms with Crippen LogP contribution >= 0.6 is 11.6 Å². The molecule has 2 rings (SSSR count). The first-order valence-electron chi connectivity index (χ1n) is 6.06. The van der Waals surface area contributed by atoms with E-state index in [4.69, 9.17) is 11.6 Å². The second-order valence-corrected chi connectivity index (χ2v) is 4.88. The first-order valence-corrected chi connectivity index (χ1v) is 6.44. The topological polar surface area (TPSA) is 52.5 Å². The summed E-state index contributed by atoms with van der Waals surface area (Å²) in [5, 5.41) is 23.1. The van der Waals surface area contributed by atoms with Gasteiger partial charge in [0.1, 0.15) is 0 Å². The molecule has 4 heteroatoms. The Labute approximate surface area is 117 Å². The van der Waals surface area contributed by atoms with Crippen LogP contribution in [0.2, 0.25) is 5.02 Å². The minimum Gasteiger partial charge on any atom is -0.504 e. The van der Waals surface area contributed by atoms with Crippen LogP contribution < -0.4 is 5.32 Å². The highest BCUT2D eigenvalue weighted by Crippen LogP contribution is 2.28. The monoisotopic (exact) mass is 277 g/mol. The van der Waals surface area contributed by atoms with Crippen molar-refractivity contribution in [3.05, 3.63) is 58.6 Å². The van der Waals surface area contributed by atoms with Crippen molar-refractivity contribution in [2.24, 2.45) is 0 Å². The smallest absolute Gasteiger partial charge is 0.161 e. The Morgan fingerprint density at radius 1 is 1.11 bits per heavy atom. The van der Waals surface area contributed by atoms with E-state index in [0.29, 0.717) is 17.1 Å². The zero-order valence-electron chi connectivity index (χ0n) is 10.6. The predicted octanol–water partition coefficient (Wildman–Crippen LogP) is 3.60. The summed E-state index contributed by atoms with van der Waals surface area (Å²) in [7, 11) is 0. The molecule has 0 aromatic heterocycles. The van der Waals surface area contributed by atoms with Crippen LogP contribution in [0.5, 0.6) is 11.5 Å². The normalized spacial score (nSPS) is 12.3. The van der Waals surface area contributed by atoms with Crippen LogP contribution in [0.1, 0.15) is 24.1 Å². The largest absolute Gasteiger partial charge is 0.504 e. The number of benzene rings is 2. The number of nitrogens with one attached hydrogen (secondary N) is 1. The molecule has 0 amide bonds. The van der Waals surface area contributed by atoms with Crippen LogP contribution in [-0.4, -0.2) is 10.2 Å². The number of hydrogen-bond donors (Lipinski definition) is 3. The molecule has 0 aliphatic heterocycles. The third-order valence-electron chi connectivity index (χ3n) is 3.07. The molecule has 3 nitrogen and oxygen atoms in total. The molecule has 19 heavy (non-hydrogen) atoms. The second-order valence-electron chi connectivity index (χ2n) is 4.44. The summed E-state index contributed by atoms with van der Waals surface area (Å²) in [6.45, 7) is 2.51. The molecule has 2 aromatic carbocycles. The predicted molar refractivity (Wildman–Crippen MR) is 76.5 cm³/mol. The van der Waals surface area contributed by atoms with E-state index in [9.17, 15) is 10.2 Å². The average molecular weight is 278 g/mol. The van der Waals surface area contributed by atoms with E-state index in [-0.39, 0.29) is 17.5 Å². The van der Waals surface area contributed by atoms with E-state index in [0.717, 1.165) is 5.56 Å². The van der Waals surface area contributed by atoms with Gasteiger partial charge in [-0.3, -0.25) is 0 Å². The van der Waals surface area contributed by atoms with Crippen LogP contribution in [-0.2, 0) is 6.54 Å². The van der Waals surface area contributed by atoms with Gasteiger partial charge in [-0.15, -0.1) is 0 Å². The van der Waals surface area contributed by atoms with E-state index in [1.54, 1.807) is 12.1 Å². The number of rotatable bonds is 4. The molecule has 0 saturated carbocycles. The Kier molecular flexibility index (Phi) is 4.30. The average Bonchev–Trinajstić information content (AvgIpc) is 2.41. The van der Waals surface area contributed by atoms with Crippen LogP contribution in [0.4, 0.5) is 0 Å². The molecule has 0 unspecified atom stereocenters. The summed E-state index contributed by atoms with van der Waals surface area (Å²) in [5.41, 5.74) is 1.78. The highest BCUT2D eigenvalue weighted by molar-refractivity contribution is 6.30. The van der Waals surface area contributed by atoms with E-state index in [1.165, 1.54) is 6.07 Å². The Bertz CT molecular complexity index is 555. The van der Waals surface area contributed by atoms with Crippen molar-refractivity contribution in [1.29, 1.82) is 0 Å². The fourth-order valence-electron chi connectivity index (χ4n) is 1.85. The fraction of sp³-hybridized carbons (Fsp3) is 0.200. The van der Waals surface area contributed by atoms with Crippen molar-refractivity contribution in [2.75, 3.05) is 0 Å². The number of phenols is 2. The van der Waals surface area contributed by atoms with Gasteiger partial charge < -0.3 is 15.5 Å². The highest BCUT2D eigenvalue weighted by atomic mass is 35.5. The number of halogens is 1. The lowest BCUT2D eigenvalue weighted by Crippen LogP contribution is -2.18. The molecule has 0 radical (unpaired) electrons. The summed E-state index contributed by atoms with van der Waals surface area (Å²) < 4.78 is 0. The minimum atomic E-state index is -0.0987. The van der Waals surface area contributed by atoms with E-state index in [2.05, 4.69) is 5.32 Å². The lowest BCUT2D eigenvalue weighted by atomic mass is 10.1. The summed E-state index contributed by atoms with van der Waals surface area (Å²) in [6.07, 6.45) is 0. The van der Waals surface area contributed by atoms with Gasteiger partial charge in [0.2, 0.25) is 0 Å². The lowest BCUT2D eigenvalue weighted by Gasteiger charge is -2.15. The SMILES string of the molecule is C[C@@H](NCc1cccc(O)c1O)c1ccc(Cl)cc1. The third kappa shape index (κ3) is 3.40. The molecule has 0 bridgehead atoms. The lowest BCUT2D eigenvalue weighted by molar-refractivity contribution is 0.396. The van der Waals surface area contributed by atoms with Crippen molar-refractivity contribution in [3.63, 3.8) is 0 Å². The maximum atomic E-state index is 9.71. The quantitative estimate of drug-likeness (QED) is 0.749. The first-order chi connectivity index (χ1) is 9.08. The molecule has 0 fully saturated rings. The molecule has 0 heterocycles. The molecule has 0 saturated heterocycles. The second kappa shape index (κ2) is 5.95. The van der Waals surface area contributed by atoms with Crippen molar-refractivity contribution in [1.82, 2.24) is 5.32 Å². The number of phenolic OH excluding ortho intramolecular Hbond substituents is 2. The van der Waals surface area contributed by atoms with Crippen LogP contribution in [0.25, 0.3) is 0 Å². The molecule has 1 atom stereocenters. The van der Waals surface area contributed by atoms with Gasteiger partial charge in [-0.1, -0.05) is 35.9 Å². The van der Waals surface area contributed by atoms with Gasteiger partial charge in [0, 0.05) is 23.2 Å². The van der Waals surface area contributed by atoms with E-state index < -0.39 is 0 Å². The van der Waals surface area contributed by atoms with Crippen molar-refractivity contribution < 1.29 is 10.2 Å². The zero-order chi connectivity index (χ0) is 13.8. The molecule has 0 aliphatic carbocycles. The van der Waals surface area contributed by atoms with Crippen LogP contribution in [0.15, 0.2) is 42.5 Å². The molecule has 3 N–H and O–H groups in total. The fourth-order valence-corrected chi connectivity index (χ4v) is 1.98. The molecule has 0 spiro atoms. The summed E-state index contributed by atoms with van der Waals surface area (Å²) >= 11 is 5.85. The van der Waals surface area contributed by atoms with E-state index >= 15 is 0 Å². The van der Waals surface area contributed by atoms with Gasteiger partial charge in [-0.2, -0.15) is 0 Å². The van der Waals surface area contributed by atoms with E-state index in [1.807, 2.05) is 31.2 Å². The summed E-state index contributed by atoms with van der Waals surface area (Å²) in [6, 6.07) is 12.7. The number of aromatic hydroxyl groups is 2.